The van der Waals surface area contributed by atoms with Crippen molar-refractivity contribution in [3.63, 3.8) is 0 Å². The number of hydrogen-bond donors (Lipinski definition) is 0. The van der Waals surface area contributed by atoms with Gasteiger partial charge in [0.2, 0.25) is 0 Å². The van der Waals surface area contributed by atoms with Crippen molar-refractivity contribution in [1.82, 2.24) is 15.0 Å². The number of carbonyl (C=O) groups is 1. The molecule has 2 aromatic heterocycles. The Kier molecular flexibility index (Phi) is 2.85. The molecule has 0 aromatic carbocycles. The van der Waals surface area contributed by atoms with E-state index in [0.717, 1.165) is 35.4 Å². The van der Waals surface area contributed by atoms with Gasteiger partial charge in [-0.3, -0.25) is 9.78 Å². The van der Waals surface area contributed by atoms with E-state index in [1.54, 1.807) is 6.20 Å². The van der Waals surface area contributed by atoms with Crippen LogP contribution in [0, 0.1) is 13.8 Å². The second-order valence-corrected chi connectivity index (χ2v) is 5.01. The summed E-state index contributed by atoms with van der Waals surface area (Å²) >= 11 is 0. The second kappa shape index (κ2) is 4.53. The average molecular weight is 253 g/mol. The van der Waals surface area contributed by atoms with Gasteiger partial charge < -0.3 is 0 Å². The van der Waals surface area contributed by atoms with Crippen molar-refractivity contribution in [3.05, 3.63) is 40.8 Å². The van der Waals surface area contributed by atoms with Crippen molar-refractivity contribution in [1.29, 1.82) is 0 Å². The summed E-state index contributed by atoms with van der Waals surface area (Å²) in [7, 11) is 0. The minimum Gasteiger partial charge on any atom is -0.294 e. The molecule has 0 amide bonds. The monoisotopic (exact) mass is 253 g/mol. The summed E-state index contributed by atoms with van der Waals surface area (Å²) in [6, 6.07) is 2.07. The number of fused-ring (bicyclic) bond motifs is 1. The molecule has 0 N–H and O–H groups in total. The molecule has 3 rings (SSSR count). The smallest absolute Gasteiger partial charge is 0.178 e. The van der Waals surface area contributed by atoms with Gasteiger partial charge in [-0.2, -0.15) is 0 Å². The first kappa shape index (κ1) is 12.0. The summed E-state index contributed by atoms with van der Waals surface area (Å²) in [6.45, 7) is 4.01. The van der Waals surface area contributed by atoms with E-state index in [1.807, 2.05) is 20.0 Å². The van der Waals surface area contributed by atoms with Gasteiger partial charge in [-0.05, 0) is 37.8 Å². The largest absolute Gasteiger partial charge is 0.294 e. The van der Waals surface area contributed by atoms with Gasteiger partial charge in [-0.1, -0.05) is 6.07 Å². The van der Waals surface area contributed by atoms with E-state index < -0.39 is 0 Å². The molecule has 0 radical (unpaired) electrons. The molecule has 0 aliphatic heterocycles. The Hall–Kier alpha value is -2.10. The lowest BCUT2D eigenvalue weighted by Gasteiger charge is -2.14. The second-order valence-electron chi connectivity index (χ2n) is 5.01. The van der Waals surface area contributed by atoms with E-state index in [2.05, 4.69) is 21.0 Å². The van der Waals surface area contributed by atoms with Crippen molar-refractivity contribution < 1.29 is 4.79 Å². The van der Waals surface area contributed by atoms with Gasteiger partial charge in [-0.15, -0.1) is 0 Å². The summed E-state index contributed by atoms with van der Waals surface area (Å²) in [5, 5.41) is 0. The van der Waals surface area contributed by atoms with Crippen LogP contribution in [0.3, 0.4) is 0 Å². The average Bonchev–Trinajstić information content (AvgIpc) is 2.38. The Morgan fingerprint density at radius 3 is 2.74 bits per heavy atom. The molecule has 96 valence electrons. The summed E-state index contributed by atoms with van der Waals surface area (Å²) in [6.07, 6.45) is 5.80. The highest BCUT2D eigenvalue weighted by Crippen LogP contribution is 2.23. The zero-order valence-electron chi connectivity index (χ0n) is 11.1. The van der Waals surface area contributed by atoms with Crippen LogP contribution in [0.5, 0.6) is 0 Å². The molecule has 2 heterocycles. The van der Waals surface area contributed by atoms with Gasteiger partial charge >= 0.3 is 0 Å². The number of aryl methyl sites for hydroxylation is 3. The molecule has 2 aromatic rings. The zero-order chi connectivity index (χ0) is 13.4. The molecule has 1 aliphatic rings. The van der Waals surface area contributed by atoms with Gasteiger partial charge in [0.25, 0.3) is 0 Å². The van der Waals surface area contributed by atoms with Gasteiger partial charge in [0, 0.05) is 18.8 Å². The lowest BCUT2D eigenvalue weighted by Crippen LogP contribution is -2.14. The Morgan fingerprint density at radius 1 is 1.11 bits per heavy atom. The van der Waals surface area contributed by atoms with Crippen LogP contribution < -0.4 is 0 Å². The van der Waals surface area contributed by atoms with E-state index >= 15 is 0 Å². The quantitative estimate of drug-likeness (QED) is 0.784. The highest BCUT2D eigenvalue weighted by atomic mass is 16.1. The molecule has 0 spiro atoms. The van der Waals surface area contributed by atoms with E-state index in [9.17, 15) is 4.79 Å². The normalized spacial score (nSPS) is 14.3. The van der Waals surface area contributed by atoms with Crippen molar-refractivity contribution >= 4 is 5.78 Å². The summed E-state index contributed by atoms with van der Waals surface area (Å²) in [4.78, 5) is 25.0. The number of hydrogen-bond acceptors (Lipinski definition) is 4. The zero-order valence-corrected chi connectivity index (χ0v) is 11.1. The third-order valence-electron chi connectivity index (χ3n) is 3.41. The Balaban J connectivity index is 2.09. The standard InChI is InChI=1S/C15H15N3O/c1-9-6-10(2)14(16-7-9)15-17-8-11-12(18-15)4-3-5-13(11)19/h6-8H,3-5H2,1-2H3. The van der Waals surface area contributed by atoms with E-state index in [4.69, 9.17) is 0 Å². The minimum absolute atomic E-state index is 0.154. The molecular formula is C15H15N3O. The highest BCUT2D eigenvalue weighted by Gasteiger charge is 2.20. The molecule has 0 atom stereocenters. The summed E-state index contributed by atoms with van der Waals surface area (Å²) in [5.74, 6) is 0.771. The number of carbonyl (C=O) groups excluding carboxylic acids is 1. The number of pyridine rings is 1. The Morgan fingerprint density at radius 2 is 1.95 bits per heavy atom. The fraction of sp³-hybridized carbons (Fsp3) is 0.333. The maximum absolute atomic E-state index is 11.7. The van der Waals surface area contributed by atoms with Crippen LogP contribution >= 0.6 is 0 Å². The van der Waals surface area contributed by atoms with Crippen LogP contribution in [-0.4, -0.2) is 20.7 Å². The molecule has 0 saturated heterocycles. The molecule has 19 heavy (non-hydrogen) atoms. The fourth-order valence-corrected chi connectivity index (χ4v) is 2.46. The Labute approximate surface area is 111 Å². The fourth-order valence-electron chi connectivity index (χ4n) is 2.46. The number of Topliss-reactive ketones (excluding diaryl/α,β-unsaturated/α-hetero) is 1. The predicted octanol–water partition coefficient (Wildman–Crippen LogP) is 2.67. The van der Waals surface area contributed by atoms with Crippen LogP contribution in [0.15, 0.2) is 18.5 Å². The van der Waals surface area contributed by atoms with Gasteiger partial charge in [0.05, 0.1) is 11.3 Å². The van der Waals surface area contributed by atoms with Crippen molar-refractivity contribution in [3.8, 4) is 11.5 Å². The van der Waals surface area contributed by atoms with Crippen LogP contribution in [0.4, 0.5) is 0 Å². The lowest BCUT2D eigenvalue weighted by atomic mass is 9.96. The van der Waals surface area contributed by atoms with Crippen LogP contribution in [0.2, 0.25) is 0 Å². The van der Waals surface area contributed by atoms with E-state index in [1.165, 1.54) is 0 Å². The first-order chi connectivity index (χ1) is 9.15. The molecule has 0 bridgehead atoms. The summed E-state index contributed by atoms with van der Waals surface area (Å²) < 4.78 is 0. The van der Waals surface area contributed by atoms with Gasteiger partial charge in [0.15, 0.2) is 11.6 Å². The number of aromatic nitrogens is 3. The first-order valence-electron chi connectivity index (χ1n) is 6.48. The maximum Gasteiger partial charge on any atom is 0.178 e. The van der Waals surface area contributed by atoms with Crippen molar-refractivity contribution in [2.75, 3.05) is 0 Å². The number of ketones is 1. The lowest BCUT2D eigenvalue weighted by molar-refractivity contribution is 0.0971. The number of rotatable bonds is 1. The van der Waals surface area contributed by atoms with Crippen LogP contribution in [0.25, 0.3) is 11.5 Å². The molecule has 1 aliphatic carbocycles. The highest BCUT2D eigenvalue weighted by molar-refractivity contribution is 5.97. The predicted molar refractivity (Wildman–Crippen MR) is 72.0 cm³/mol. The topological polar surface area (TPSA) is 55.7 Å². The van der Waals surface area contributed by atoms with E-state index in [-0.39, 0.29) is 5.78 Å². The third kappa shape index (κ3) is 2.14. The van der Waals surface area contributed by atoms with Crippen LogP contribution in [0.1, 0.15) is 40.0 Å². The van der Waals surface area contributed by atoms with Crippen LogP contribution in [-0.2, 0) is 6.42 Å². The van der Waals surface area contributed by atoms with Gasteiger partial charge in [0.1, 0.15) is 5.69 Å². The molecular weight excluding hydrogens is 238 g/mol. The molecule has 0 unspecified atom stereocenters. The molecule has 0 saturated carbocycles. The van der Waals surface area contributed by atoms with Gasteiger partial charge in [-0.25, -0.2) is 9.97 Å². The minimum atomic E-state index is 0.154. The SMILES string of the molecule is Cc1cnc(-c2ncc3c(n2)CCCC3=O)c(C)c1. The molecule has 4 heteroatoms. The first-order valence-corrected chi connectivity index (χ1v) is 6.48. The Bertz CT molecular complexity index is 664. The number of nitrogens with zero attached hydrogens (tertiary/aromatic N) is 3. The van der Waals surface area contributed by atoms with Crippen molar-refractivity contribution in [2.45, 2.75) is 33.1 Å². The van der Waals surface area contributed by atoms with Crippen molar-refractivity contribution in [2.24, 2.45) is 0 Å². The van der Waals surface area contributed by atoms with E-state index in [0.29, 0.717) is 17.8 Å². The summed E-state index contributed by atoms with van der Waals surface area (Å²) in [5.41, 5.74) is 4.52. The third-order valence-corrected chi connectivity index (χ3v) is 3.41. The molecule has 0 fully saturated rings. The molecule has 4 nitrogen and oxygen atoms in total. The maximum atomic E-state index is 11.7.